The molecular formula is C13H15F3N2S. The molecule has 1 heterocycles. The van der Waals surface area contributed by atoms with Gasteiger partial charge in [0.25, 0.3) is 0 Å². The van der Waals surface area contributed by atoms with E-state index in [0.29, 0.717) is 32.9 Å². The molecule has 0 amide bonds. The topological polar surface area (TPSA) is 38.9 Å². The number of anilines is 1. The van der Waals surface area contributed by atoms with E-state index in [0.717, 1.165) is 11.3 Å². The van der Waals surface area contributed by atoms with Gasteiger partial charge in [0.2, 0.25) is 0 Å². The van der Waals surface area contributed by atoms with Crippen LogP contribution in [0, 0.1) is 0 Å². The van der Waals surface area contributed by atoms with Gasteiger partial charge in [0.15, 0.2) is 5.13 Å². The van der Waals surface area contributed by atoms with Crippen molar-refractivity contribution in [2.45, 2.75) is 39.3 Å². The van der Waals surface area contributed by atoms with E-state index in [2.05, 4.69) is 4.98 Å². The van der Waals surface area contributed by atoms with Crippen molar-refractivity contribution in [3.05, 3.63) is 22.8 Å². The molecule has 6 heteroatoms. The molecule has 0 spiro atoms. The molecule has 2 aromatic rings. The van der Waals surface area contributed by atoms with E-state index in [1.54, 1.807) is 6.92 Å². The number of hydrogen-bond acceptors (Lipinski definition) is 3. The highest BCUT2D eigenvalue weighted by molar-refractivity contribution is 7.22. The Kier molecular flexibility index (Phi) is 3.47. The number of nitrogens with two attached hydrogens (primary N) is 1. The van der Waals surface area contributed by atoms with Crippen molar-refractivity contribution in [3.8, 4) is 0 Å². The largest absolute Gasteiger partial charge is 0.416 e. The molecule has 2 N–H and O–H groups in total. The minimum Gasteiger partial charge on any atom is -0.375 e. The lowest BCUT2D eigenvalue weighted by molar-refractivity contribution is -0.138. The molecule has 0 saturated carbocycles. The second kappa shape index (κ2) is 4.67. The average Bonchev–Trinajstić information content (AvgIpc) is 2.64. The lowest BCUT2D eigenvalue weighted by Crippen LogP contribution is -2.12. The summed E-state index contributed by atoms with van der Waals surface area (Å²) in [5.74, 6) is -0.0266. The molecule has 0 aliphatic heterocycles. The molecule has 1 aromatic carbocycles. The van der Waals surface area contributed by atoms with Gasteiger partial charge in [-0.1, -0.05) is 32.1 Å². The van der Waals surface area contributed by atoms with Crippen LogP contribution in [0.4, 0.5) is 18.3 Å². The first kappa shape index (κ1) is 14.1. The van der Waals surface area contributed by atoms with E-state index in [1.165, 1.54) is 6.07 Å². The molecule has 2 rings (SSSR count). The summed E-state index contributed by atoms with van der Waals surface area (Å²) in [6.45, 7) is 5.49. The van der Waals surface area contributed by atoms with Gasteiger partial charge in [-0.15, -0.1) is 0 Å². The van der Waals surface area contributed by atoms with Crippen molar-refractivity contribution in [3.63, 3.8) is 0 Å². The highest BCUT2D eigenvalue weighted by Gasteiger charge is 2.35. The van der Waals surface area contributed by atoms with Crippen molar-refractivity contribution in [1.29, 1.82) is 0 Å². The van der Waals surface area contributed by atoms with Gasteiger partial charge in [-0.3, -0.25) is 0 Å². The van der Waals surface area contributed by atoms with Crippen molar-refractivity contribution in [1.82, 2.24) is 4.98 Å². The fraction of sp³-hybridized carbons (Fsp3) is 0.462. The summed E-state index contributed by atoms with van der Waals surface area (Å²) in [4.78, 5) is 4.20. The zero-order chi connectivity index (χ0) is 14.4. The Morgan fingerprint density at radius 1 is 1.37 bits per heavy atom. The summed E-state index contributed by atoms with van der Waals surface area (Å²) in [5.41, 5.74) is 6.69. The third-order valence-electron chi connectivity index (χ3n) is 3.09. The van der Waals surface area contributed by atoms with E-state index >= 15 is 0 Å². The molecule has 0 radical (unpaired) electrons. The Balaban J connectivity index is 2.91. The molecule has 2 nitrogen and oxygen atoms in total. The SMILES string of the molecule is CCc1c(C(F)(F)F)cc2sc(N)nc2c1C(C)C. The van der Waals surface area contributed by atoms with Crippen LogP contribution in [0.1, 0.15) is 43.4 Å². The Hall–Kier alpha value is -1.30. The van der Waals surface area contributed by atoms with Crippen molar-refractivity contribution in [2.75, 3.05) is 5.73 Å². The number of nitrogen functional groups attached to an aromatic ring is 1. The van der Waals surface area contributed by atoms with Gasteiger partial charge in [-0.2, -0.15) is 13.2 Å². The quantitative estimate of drug-likeness (QED) is 0.878. The predicted molar refractivity (Wildman–Crippen MR) is 72.5 cm³/mol. The standard InChI is InChI=1S/C13H15F3N2S/c1-4-7-8(13(14,15)16)5-9-11(10(7)6(2)3)18-12(17)19-9/h5-6H,4H2,1-3H3,(H2,17,18). The summed E-state index contributed by atoms with van der Waals surface area (Å²) in [7, 11) is 0. The molecule has 1 aromatic heterocycles. The third kappa shape index (κ3) is 2.41. The summed E-state index contributed by atoms with van der Waals surface area (Å²) in [6, 6.07) is 1.17. The number of alkyl halides is 3. The number of benzene rings is 1. The molecule has 104 valence electrons. The maximum absolute atomic E-state index is 13.2. The number of thiazole rings is 1. The van der Waals surface area contributed by atoms with Gasteiger partial charge in [0.1, 0.15) is 0 Å². The molecule has 0 unspecified atom stereocenters. The van der Waals surface area contributed by atoms with Crippen LogP contribution in [-0.4, -0.2) is 4.98 Å². The maximum Gasteiger partial charge on any atom is 0.416 e. The van der Waals surface area contributed by atoms with E-state index in [9.17, 15) is 13.2 Å². The smallest absolute Gasteiger partial charge is 0.375 e. The lowest BCUT2D eigenvalue weighted by Gasteiger charge is -2.18. The monoisotopic (exact) mass is 288 g/mol. The summed E-state index contributed by atoms with van der Waals surface area (Å²) in [5, 5.41) is 0.304. The molecule has 0 fully saturated rings. The summed E-state index contributed by atoms with van der Waals surface area (Å²) in [6.07, 6.45) is -4.02. The Bertz CT molecular complexity index is 614. The van der Waals surface area contributed by atoms with Crippen LogP contribution in [0.25, 0.3) is 10.2 Å². The Morgan fingerprint density at radius 3 is 2.47 bits per heavy atom. The minimum absolute atomic E-state index is 0.0266. The Labute approximate surface area is 113 Å². The van der Waals surface area contributed by atoms with E-state index < -0.39 is 11.7 Å². The van der Waals surface area contributed by atoms with Crippen LogP contribution in [0.15, 0.2) is 6.07 Å². The van der Waals surface area contributed by atoms with Gasteiger partial charge in [-0.25, -0.2) is 4.98 Å². The first-order valence-corrected chi connectivity index (χ1v) is 6.86. The number of halogens is 3. The number of rotatable bonds is 2. The average molecular weight is 288 g/mol. The van der Waals surface area contributed by atoms with Gasteiger partial charge < -0.3 is 5.73 Å². The van der Waals surface area contributed by atoms with E-state index in [4.69, 9.17) is 5.73 Å². The normalized spacial score (nSPS) is 12.6. The van der Waals surface area contributed by atoms with Crippen LogP contribution in [-0.2, 0) is 12.6 Å². The zero-order valence-corrected chi connectivity index (χ0v) is 11.7. The molecule has 0 aliphatic carbocycles. The van der Waals surface area contributed by atoms with Crippen molar-refractivity contribution in [2.24, 2.45) is 0 Å². The molecule has 0 aliphatic rings. The maximum atomic E-state index is 13.2. The van der Waals surface area contributed by atoms with Crippen LogP contribution in [0.3, 0.4) is 0 Å². The minimum atomic E-state index is -4.35. The van der Waals surface area contributed by atoms with Gasteiger partial charge >= 0.3 is 6.18 Å². The van der Waals surface area contributed by atoms with Gasteiger partial charge in [0.05, 0.1) is 15.8 Å². The highest BCUT2D eigenvalue weighted by Crippen LogP contribution is 2.41. The number of hydrogen-bond donors (Lipinski definition) is 1. The summed E-state index contributed by atoms with van der Waals surface area (Å²) >= 11 is 1.10. The van der Waals surface area contributed by atoms with Crippen molar-refractivity contribution < 1.29 is 13.2 Å². The first-order chi connectivity index (χ1) is 8.75. The van der Waals surface area contributed by atoms with Crippen LogP contribution in [0.2, 0.25) is 0 Å². The lowest BCUT2D eigenvalue weighted by atomic mass is 9.90. The Morgan fingerprint density at radius 2 is 2.00 bits per heavy atom. The second-order valence-corrected chi connectivity index (χ2v) is 5.78. The molecule has 19 heavy (non-hydrogen) atoms. The van der Waals surface area contributed by atoms with Crippen LogP contribution in [0.5, 0.6) is 0 Å². The van der Waals surface area contributed by atoms with Gasteiger partial charge in [-0.05, 0) is 29.5 Å². The number of aromatic nitrogens is 1. The zero-order valence-electron chi connectivity index (χ0n) is 10.9. The van der Waals surface area contributed by atoms with Crippen LogP contribution < -0.4 is 5.73 Å². The fourth-order valence-electron chi connectivity index (χ4n) is 2.40. The number of nitrogens with zero attached hydrogens (tertiary/aromatic N) is 1. The second-order valence-electron chi connectivity index (χ2n) is 4.72. The number of fused-ring (bicyclic) bond motifs is 1. The highest BCUT2D eigenvalue weighted by atomic mass is 32.1. The molecule has 0 atom stereocenters. The predicted octanol–water partition coefficient (Wildman–Crippen LogP) is 4.58. The van der Waals surface area contributed by atoms with Crippen LogP contribution >= 0.6 is 11.3 Å². The van der Waals surface area contributed by atoms with E-state index in [-0.39, 0.29) is 5.92 Å². The first-order valence-electron chi connectivity index (χ1n) is 6.04. The molecule has 0 saturated heterocycles. The fourth-order valence-corrected chi connectivity index (χ4v) is 3.19. The van der Waals surface area contributed by atoms with Gasteiger partial charge in [0, 0.05) is 0 Å². The summed E-state index contributed by atoms with van der Waals surface area (Å²) < 4.78 is 40.0. The van der Waals surface area contributed by atoms with Crippen molar-refractivity contribution >= 4 is 26.7 Å². The molecular weight excluding hydrogens is 273 g/mol. The molecule has 0 bridgehead atoms. The van der Waals surface area contributed by atoms with E-state index in [1.807, 2.05) is 13.8 Å². The third-order valence-corrected chi connectivity index (χ3v) is 3.92.